The summed E-state index contributed by atoms with van der Waals surface area (Å²) in [5, 5.41) is 2.60. The summed E-state index contributed by atoms with van der Waals surface area (Å²) >= 11 is 0. The second kappa shape index (κ2) is 7.08. The number of cyclic esters (lactones) is 1. The lowest BCUT2D eigenvalue weighted by Crippen LogP contribution is -2.34. The minimum atomic E-state index is -0.540. The average Bonchev–Trinajstić information content (AvgIpc) is 3.01. The number of hydrogen-bond donors (Lipinski definition) is 1. The van der Waals surface area contributed by atoms with Crippen molar-refractivity contribution < 1.29 is 23.8 Å². The standard InChI is InChI=1S/C17H18N2O5/c1-2-15(20)18-8-13-9-19(17(21)23-13)16-11-22-10-14(24-16)12-6-4-3-5-7-12/h2-4,6,10-11,13H,1,5,7-9H2,(H,18,20)/t13-/m1/s1. The lowest BCUT2D eigenvalue weighted by Gasteiger charge is -2.23. The average molecular weight is 330 g/mol. The number of carbonyl (C=O) groups is 2. The van der Waals surface area contributed by atoms with Gasteiger partial charge in [-0.1, -0.05) is 24.8 Å². The van der Waals surface area contributed by atoms with Crippen molar-refractivity contribution in [2.75, 3.05) is 13.1 Å². The Balaban J connectivity index is 1.60. The highest BCUT2D eigenvalue weighted by Crippen LogP contribution is 2.29. The summed E-state index contributed by atoms with van der Waals surface area (Å²) in [6, 6.07) is 0. The third-order valence-electron chi connectivity index (χ3n) is 3.72. The highest BCUT2D eigenvalue weighted by Gasteiger charge is 2.36. The molecule has 126 valence electrons. The fourth-order valence-corrected chi connectivity index (χ4v) is 2.48. The highest BCUT2D eigenvalue weighted by atomic mass is 16.6. The minimum absolute atomic E-state index is 0.208. The van der Waals surface area contributed by atoms with E-state index in [0.717, 1.165) is 18.4 Å². The molecule has 24 heavy (non-hydrogen) atoms. The molecule has 0 aromatic heterocycles. The van der Waals surface area contributed by atoms with E-state index in [2.05, 4.69) is 18.0 Å². The van der Waals surface area contributed by atoms with Crippen LogP contribution in [0.3, 0.4) is 0 Å². The van der Waals surface area contributed by atoms with E-state index in [0.29, 0.717) is 5.76 Å². The van der Waals surface area contributed by atoms with Crippen LogP contribution in [0.2, 0.25) is 0 Å². The monoisotopic (exact) mass is 330 g/mol. The van der Waals surface area contributed by atoms with Gasteiger partial charge in [-0.2, -0.15) is 0 Å². The molecule has 0 radical (unpaired) electrons. The van der Waals surface area contributed by atoms with Gasteiger partial charge in [0.25, 0.3) is 0 Å². The molecule has 7 nitrogen and oxygen atoms in total. The summed E-state index contributed by atoms with van der Waals surface area (Å²) in [6.07, 6.45) is 10.8. The predicted molar refractivity (Wildman–Crippen MR) is 85.0 cm³/mol. The molecule has 3 aliphatic rings. The smallest absolute Gasteiger partial charge is 0.417 e. The lowest BCUT2D eigenvalue weighted by atomic mass is 10.0. The first-order valence-corrected chi connectivity index (χ1v) is 7.65. The number of amides is 2. The molecule has 1 atom stereocenters. The molecular formula is C17H18N2O5. The molecule has 0 bridgehead atoms. The van der Waals surface area contributed by atoms with Crippen molar-refractivity contribution in [3.05, 3.63) is 60.6 Å². The van der Waals surface area contributed by atoms with Crippen LogP contribution in [0.4, 0.5) is 4.79 Å². The third kappa shape index (κ3) is 3.51. The second-order valence-corrected chi connectivity index (χ2v) is 5.40. The molecule has 2 heterocycles. The van der Waals surface area contributed by atoms with Crippen LogP contribution in [-0.4, -0.2) is 36.1 Å². The Bertz CT molecular complexity index is 674. The van der Waals surface area contributed by atoms with Crippen LogP contribution >= 0.6 is 0 Å². The lowest BCUT2D eigenvalue weighted by molar-refractivity contribution is -0.116. The van der Waals surface area contributed by atoms with Crippen molar-refractivity contribution >= 4 is 12.0 Å². The molecule has 1 saturated heterocycles. The van der Waals surface area contributed by atoms with Gasteiger partial charge in [-0.05, 0) is 24.5 Å². The van der Waals surface area contributed by atoms with Crippen LogP contribution in [0.5, 0.6) is 0 Å². The van der Waals surface area contributed by atoms with E-state index in [1.807, 2.05) is 12.2 Å². The Morgan fingerprint density at radius 3 is 3.08 bits per heavy atom. The molecule has 1 aliphatic carbocycles. The maximum atomic E-state index is 12.0. The number of rotatable bonds is 5. The van der Waals surface area contributed by atoms with Crippen molar-refractivity contribution in [1.82, 2.24) is 10.2 Å². The first-order chi connectivity index (χ1) is 11.7. The van der Waals surface area contributed by atoms with E-state index in [1.54, 1.807) is 0 Å². The Labute approximate surface area is 139 Å². The molecule has 0 aromatic carbocycles. The molecular weight excluding hydrogens is 312 g/mol. The summed E-state index contributed by atoms with van der Waals surface area (Å²) in [6.45, 7) is 3.84. The van der Waals surface area contributed by atoms with E-state index < -0.39 is 12.2 Å². The number of allylic oxidation sites excluding steroid dienone is 4. The van der Waals surface area contributed by atoms with Gasteiger partial charge in [0.15, 0.2) is 12.0 Å². The molecule has 0 aromatic rings. The van der Waals surface area contributed by atoms with Gasteiger partial charge in [-0.3, -0.25) is 4.79 Å². The van der Waals surface area contributed by atoms with Gasteiger partial charge >= 0.3 is 6.09 Å². The highest BCUT2D eigenvalue weighted by molar-refractivity contribution is 5.86. The summed E-state index contributed by atoms with van der Waals surface area (Å²) in [4.78, 5) is 24.6. The largest absolute Gasteiger partial charge is 0.463 e. The van der Waals surface area contributed by atoms with Gasteiger partial charge in [-0.25, -0.2) is 9.69 Å². The van der Waals surface area contributed by atoms with Crippen LogP contribution in [0.1, 0.15) is 12.8 Å². The zero-order valence-electron chi connectivity index (χ0n) is 13.1. The van der Waals surface area contributed by atoms with Crippen molar-refractivity contribution in [2.45, 2.75) is 18.9 Å². The first-order valence-electron chi connectivity index (χ1n) is 7.65. The molecule has 0 unspecified atom stereocenters. The van der Waals surface area contributed by atoms with Crippen molar-refractivity contribution in [3.8, 4) is 0 Å². The third-order valence-corrected chi connectivity index (χ3v) is 3.72. The molecule has 1 N–H and O–H groups in total. The van der Waals surface area contributed by atoms with Crippen molar-refractivity contribution in [1.29, 1.82) is 0 Å². The molecule has 2 aliphatic heterocycles. The molecule has 0 saturated carbocycles. The Morgan fingerprint density at radius 2 is 2.33 bits per heavy atom. The molecule has 7 heteroatoms. The zero-order valence-corrected chi connectivity index (χ0v) is 13.1. The van der Waals surface area contributed by atoms with Crippen LogP contribution in [0.15, 0.2) is 60.6 Å². The minimum Gasteiger partial charge on any atom is -0.463 e. The SMILES string of the molecule is C=CC(=O)NC[C@@H]1CN(C2=COC=C(C3=CC=CCC3)O2)C(=O)O1. The molecule has 2 amide bonds. The summed E-state index contributed by atoms with van der Waals surface area (Å²) < 4.78 is 16.3. The van der Waals surface area contributed by atoms with Gasteiger partial charge in [-0.15, -0.1) is 0 Å². The maximum Gasteiger partial charge on any atom is 0.417 e. The normalized spacial score (nSPS) is 22.5. The summed E-state index contributed by atoms with van der Waals surface area (Å²) in [5.74, 6) is 0.530. The maximum absolute atomic E-state index is 12.0. The molecule has 1 fully saturated rings. The van der Waals surface area contributed by atoms with Crippen LogP contribution in [-0.2, 0) is 19.0 Å². The fraction of sp³-hybridized carbons (Fsp3) is 0.294. The van der Waals surface area contributed by atoms with E-state index >= 15 is 0 Å². The second-order valence-electron chi connectivity index (χ2n) is 5.40. The van der Waals surface area contributed by atoms with Gasteiger partial charge in [0.1, 0.15) is 12.4 Å². The van der Waals surface area contributed by atoms with Gasteiger partial charge in [0.2, 0.25) is 11.8 Å². The van der Waals surface area contributed by atoms with Gasteiger partial charge in [0, 0.05) is 0 Å². The summed E-state index contributed by atoms with van der Waals surface area (Å²) in [5.41, 5.74) is 1.01. The Morgan fingerprint density at radius 1 is 1.46 bits per heavy atom. The number of nitrogens with zero attached hydrogens (tertiary/aromatic N) is 1. The summed E-state index contributed by atoms with van der Waals surface area (Å²) in [7, 11) is 0. The zero-order chi connectivity index (χ0) is 16.9. The topological polar surface area (TPSA) is 77.1 Å². The fourth-order valence-electron chi connectivity index (χ4n) is 2.48. The quantitative estimate of drug-likeness (QED) is 0.781. The molecule has 0 spiro atoms. The van der Waals surface area contributed by atoms with E-state index in [4.69, 9.17) is 14.2 Å². The van der Waals surface area contributed by atoms with Crippen LogP contribution in [0.25, 0.3) is 0 Å². The number of ether oxygens (including phenoxy) is 3. The Hall–Kier alpha value is -2.96. The predicted octanol–water partition coefficient (Wildman–Crippen LogP) is 2.07. The Kier molecular flexibility index (Phi) is 4.69. The van der Waals surface area contributed by atoms with Crippen LogP contribution < -0.4 is 5.32 Å². The molecule has 3 rings (SSSR count). The number of hydrogen-bond acceptors (Lipinski definition) is 5. The first kappa shape index (κ1) is 15.9. The van der Waals surface area contributed by atoms with Gasteiger partial charge in [0.05, 0.1) is 13.1 Å². The van der Waals surface area contributed by atoms with Crippen molar-refractivity contribution in [3.63, 3.8) is 0 Å². The van der Waals surface area contributed by atoms with Crippen molar-refractivity contribution in [2.24, 2.45) is 0 Å². The number of carbonyl (C=O) groups excluding carboxylic acids is 2. The van der Waals surface area contributed by atoms with Gasteiger partial charge < -0.3 is 19.5 Å². The van der Waals surface area contributed by atoms with E-state index in [1.165, 1.54) is 23.5 Å². The van der Waals surface area contributed by atoms with E-state index in [-0.39, 0.29) is 24.9 Å². The van der Waals surface area contributed by atoms with Crippen LogP contribution in [0, 0.1) is 0 Å². The number of nitrogens with one attached hydrogen (secondary N) is 1. The van der Waals surface area contributed by atoms with E-state index in [9.17, 15) is 9.59 Å².